The first kappa shape index (κ1) is 25.8. The summed E-state index contributed by atoms with van der Waals surface area (Å²) in [5.41, 5.74) is -0.0756. The second-order valence-corrected chi connectivity index (χ2v) is 8.85. The first-order valence-electron chi connectivity index (χ1n) is 10.9. The van der Waals surface area contributed by atoms with E-state index in [2.05, 4.69) is 20.8 Å². The third-order valence-electron chi connectivity index (χ3n) is 5.10. The Labute approximate surface area is 205 Å². The Kier molecular flexibility index (Phi) is 8.53. The van der Waals surface area contributed by atoms with Gasteiger partial charge in [0.2, 0.25) is 5.91 Å². The second kappa shape index (κ2) is 11.6. The van der Waals surface area contributed by atoms with Crippen molar-refractivity contribution in [1.82, 2.24) is 20.1 Å². The van der Waals surface area contributed by atoms with Gasteiger partial charge in [-0.2, -0.15) is 0 Å². The summed E-state index contributed by atoms with van der Waals surface area (Å²) in [5.74, 6) is -1.12. The zero-order valence-corrected chi connectivity index (χ0v) is 20.2. The van der Waals surface area contributed by atoms with Crippen LogP contribution in [0.15, 0.2) is 53.7 Å². The molecule has 2 N–H and O–H groups in total. The fourth-order valence-corrected chi connectivity index (χ4v) is 4.13. The third kappa shape index (κ3) is 6.41. The van der Waals surface area contributed by atoms with E-state index in [1.54, 1.807) is 24.3 Å². The predicted octanol–water partition coefficient (Wildman–Crippen LogP) is 4.20. The van der Waals surface area contributed by atoms with Crippen LogP contribution in [0.1, 0.15) is 43.0 Å². The molecule has 0 bridgehead atoms. The highest BCUT2D eigenvalue weighted by molar-refractivity contribution is 7.99. The number of thioether (sulfide) groups is 1. The molecule has 0 aliphatic heterocycles. The molecule has 0 fully saturated rings. The molecular weight excluding hydrogens is 475 g/mol. The van der Waals surface area contributed by atoms with Crippen LogP contribution in [0.3, 0.4) is 0 Å². The number of benzene rings is 2. The van der Waals surface area contributed by atoms with Crippen LogP contribution in [-0.4, -0.2) is 37.3 Å². The third-order valence-corrected chi connectivity index (χ3v) is 6.06. The van der Waals surface area contributed by atoms with Crippen LogP contribution in [0.5, 0.6) is 0 Å². The molecule has 1 heterocycles. The van der Waals surface area contributed by atoms with Crippen molar-refractivity contribution in [1.29, 1.82) is 0 Å². The van der Waals surface area contributed by atoms with E-state index in [4.69, 9.17) is 0 Å². The van der Waals surface area contributed by atoms with Crippen LogP contribution in [0.4, 0.5) is 15.8 Å². The molecule has 0 saturated carbocycles. The second-order valence-electron chi connectivity index (χ2n) is 7.90. The van der Waals surface area contributed by atoms with E-state index in [9.17, 15) is 24.1 Å². The Morgan fingerprint density at radius 2 is 1.89 bits per heavy atom. The average molecular weight is 501 g/mol. The largest absolute Gasteiger partial charge is 0.342 e. The average Bonchev–Trinajstić information content (AvgIpc) is 3.25. The van der Waals surface area contributed by atoms with Crippen LogP contribution in [-0.2, 0) is 11.3 Å². The molecule has 3 aromatic rings. The van der Waals surface area contributed by atoms with Crippen LogP contribution >= 0.6 is 11.8 Å². The van der Waals surface area contributed by atoms with Gasteiger partial charge in [-0.15, -0.1) is 10.2 Å². The number of nitrogens with zero attached hydrogens (tertiary/aromatic N) is 4. The predicted molar refractivity (Wildman–Crippen MR) is 130 cm³/mol. The molecule has 0 spiro atoms. The molecule has 2 amide bonds. The number of nitrogens with one attached hydrogen (secondary N) is 2. The van der Waals surface area contributed by atoms with Gasteiger partial charge in [-0.05, 0) is 31.0 Å². The molecule has 0 aliphatic rings. The molecule has 1 unspecified atom stereocenters. The van der Waals surface area contributed by atoms with Crippen molar-refractivity contribution >= 4 is 35.0 Å². The summed E-state index contributed by atoms with van der Waals surface area (Å²) < 4.78 is 15.8. The van der Waals surface area contributed by atoms with Crippen molar-refractivity contribution < 1.29 is 18.9 Å². The van der Waals surface area contributed by atoms with Gasteiger partial charge in [0.15, 0.2) is 11.0 Å². The number of amides is 2. The minimum Gasteiger partial charge on any atom is -0.342 e. The van der Waals surface area contributed by atoms with E-state index in [-0.39, 0.29) is 29.0 Å². The van der Waals surface area contributed by atoms with Crippen molar-refractivity contribution in [2.24, 2.45) is 5.92 Å². The Bertz CT molecular complexity index is 1220. The van der Waals surface area contributed by atoms with E-state index < -0.39 is 22.7 Å². The summed E-state index contributed by atoms with van der Waals surface area (Å²) in [6, 6.07) is 11.3. The number of nitro benzene ring substituents is 1. The summed E-state index contributed by atoms with van der Waals surface area (Å²) in [5, 5.41) is 25.2. The quantitative estimate of drug-likeness (QED) is 0.242. The molecule has 0 radical (unpaired) electrons. The molecule has 0 saturated heterocycles. The highest BCUT2D eigenvalue weighted by Gasteiger charge is 2.26. The number of nitro groups is 1. The first-order chi connectivity index (χ1) is 16.7. The van der Waals surface area contributed by atoms with Crippen molar-refractivity contribution in [3.05, 3.63) is 75.9 Å². The van der Waals surface area contributed by atoms with Gasteiger partial charge < -0.3 is 15.2 Å². The maximum absolute atomic E-state index is 14.0. The molecule has 35 heavy (non-hydrogen) atoms. The Hall–Kier alpha value is -3.80. The van der Waals surface area contributed by atoms with Crippen LogP contribution in [0.25, 0.3) is 0 Å². The molecule has 1 atom stereocenters. The first-order valence-corrected chi connectivity index (χ1v) is 11.8. The van der Waals surface area contributed by atoms with Crippen molar-refractivity contribution in [3.8, 4) is 0 Å². The monoisotopic (exact) mass is 500 g/mol. The summed E-state index contributed by atoms with van der Waals surface area (Å²) in [6.07, 6.45) is 0. The maximum atomic E-state index is 14.0. The van der Waals surface area contributed by atoms with Gasteiger partial charge in [-0.3, -0.25) is 19.7 Å². The lowest BCUT2D eigenvalue weighted by molar-refractivity contribution is -0.384. The topological polar surface area (TPSA) is 132 Å². The maximum Gasteiger partial charge on any atom is 0.271 e. The summed E-state index contributed by atoms with van der Waals surface area (Å²) in [7, 11) is 0. The Morgan fingerprint density at radius 3 is 2.51 bits per heavy atom. The van der Waals surface area contributed by atoms with Crippen molar-refractivity contribution in [3.63, 3.8) is 0 Å². The zero-order chi connectivity index (χ0) is 25.5. The molecule has 3 rings (SSSR count). The number of hydrogen-bond donors (Lipinski definition) is 2. The lowest BCUT2D eigenvalue weighted by atomic mass is 10.0. The smallest absolute Gasteiger partial charge is 0.271 e. The summed E-state index contributed by atoms with van der Waals surface area (Å²) >= 11 is 1.09. The lowest BCUT2D eigenvalue weighted by Crippen LogP contribution is -2.33. The fraction of sp³-hybridized carbons (Fsp3) is 0.304. The molecule has 12 heteroatoms. The summed E-state index contributed by atoms with van der Waals surface area (Å²) in [4.78, 5) is 35.3. The Balaban J connectivity index is 1.72. The number of non-ortho nitro benzene ring substituents is 1. The Morgan fingerprint density at radius 1 is 1.17 bits per heavy atom. The van der Waals surface area contributed by atoms with Gasteiger partial charge >= 0.3 is 0 Å². The highest BCUT2D eigenvalue weighted by atomic mass is 32.2. The SMILES string of the molecule is CCn1c(SCC(=O)Nc2cc([N+](=O)[O-])ccc2F)nnc1C(NC(=O)c1ccccc1)C(C)C. The molecule has 2 aromatic carbocycles. The number of anilines is 1. The molecule has 1 aromatic heterocycles. The molecule has 184 valence electrons. The van der Waals surface area contributed by atoms with Gasteiger partial charge in [0.25, 0.3) is 11.6 Å². The van der Waals surface area contributed by atoms with E-state index in [1.165, 1.54) is 0 Å². The van der Waals surface area contributed by atoms with Crippen molar-refractivity contribution in [2.45, 2.75) is 38.5 Å². The van der Waals surface area contributed by atoms with Crippen LogP contribution in [0.2, 0.25) is 0 Å². The minimum atomic E-state index is -0.776. The van der Waals surface area contributed by atoms with Crippen LogP contribution < -0.4 is 10.6 Å². The highest BCUT2D eigenvalue weighted by Crippen LogP contribution is 2.26. The van der Waals surface area contributed by atoms with Gasteiger partial charge in [-0.1, -0.05) is 43.8 Å². The van der Waals surface area contributed by atoms with Gasteiger partial charge in [0.1, 0.15) is 5.82 Å². The number of aromatic nitrogens is 3. The molecule has 0 aliphatic carbocycles. The van der Waals surface area contributed by atoms with Crippen molar-refractivity contribution in [2.75, 3.05) is 11.1 Å². The molecule has 10 nitrogen and oxygen atoms in total. The number of rotatable bonds is 10. The number of hydrogen-bond acceptors (Lipinski definition) is 7. The fourth-order valence-electron chi connectivity index (χ4n) is 3.32. The van der Waals surface area contributed by atoms with Gasteiger partial charge in [0.05, 0.1) is 22.4 Å². The zero-order valence-electron chi connectivity index (χ0n) is 19.4. The van der Waals surface area contributed by atoms with Gasteiger partial charge in [0, 0.05) is 24.2 Å². The van der Waals surface area contributed by atoms with E-state index in [0.717, 1.165) is 30.0 Å². The van der Waals surface area contributed by atoms with Crippen LogP contribution in [0, 0.1) is 21.8 Å². The molecular formula is C23H25FN6O4S. The van der Waals surface area contributed by atoms with E-state index >= 15 is 0 Å². The standard InChI is InChI=1S/C23H25FN6O4S/c1-4-29-21(20(14(2)3)26-22(32)15-8-6-5-7-9-15)27-28-23(29)35-13-19(31)25-18-12-16(30(33)34)10-11-17(18)24/h5-12,14,20H,4,13H2,1-3H3,(H,25,31)(H,26,32). The van der Waals surface area contributed by atoms with Gasteiger partial charge in [-0.25, -0.2) is 4.39 Å². The normalized spacial score (nSPS) is 11.8. The number of halogens is 1. The summed E-state index contributed by atoms with van der Waals surface area (Å²) in [6.45, 7) is 6.30. The van der Waals surface area contributed by atoms with E-state index in [1.807, 2.05) is 31.4 Å². The lowest BCUT2D eigenvalue weighted by Gasteiger charge is -2.22. The number of carbonyl (C=O) groups is 2. The minimum absolute atomic E-state index is 0.00940. The number of carbonyl (C=O) groups excluding carboxylic acids is 2. The van der Waals surface area contributed by atoms with E-state index in [0.29, 0.717) is 23.1 Å².